The fourth-order valence-corrected chi connectivity index (χ4v) is 3.68. The largest absolute Gasteiger partial charge is 0.345 e. The molecule has 4 rings (SSSR count). The Labute approximate surface area is 147 Å². The number of carbonyl (C=O) groups excluding carboxylic acids is 1. The summed E-state index contributed by atoms with van der Waals surface area (Å²) in [7, 11) is 0. The molecule has 0 saturated carbocycles. The lowest BCUT2D eigenvalue weighted by Crippen LogP contribution is -2.30. The standard InChI is InChI=1S/C21H21N3O/c1-15-6-2-3-9-18(15)19-10-5-13-24(19)21(25)17-8-4-7-16(14-17)20-22-11-12-23-20/h2-4,6-9,11-12,14,19H,5,10,13H2,1H3,(H,22,23). The van der Waals surface area contributed by atoms with Crippen molar-refractivity contribution in [3.05, 3.63) is 77.6 Å². The van der Waals surface area contributed by atoms with E-state index in [9.17, 15) is 4.79 Å². The van der Waals surface area contributed by atoms with Gasteiger partial charge in [-0.1, -0.05) is 36.4 Å². The number of imidazole rings is 1. The molecule has 1 aromatic heterocycles. The van der Waals surface area contributed by atoms with Gasteiger partial charge in [-0.2, -0.15) is 0 Å². The zero-order valence-corrected chi connectivity index (χ0v) is 14.3. The number of amides is 1. The Bertz CT molecular complexity index is 886. The monoisotopic (exact) mass is 331 g/mol. The molecule has 2 aromatic carbocycles. The summed E-state index contributed by atoms with van der Waals surface area (Å²) in [6.07, 6.45) is 5.58. The Morgan fingerprint density at radius 1 is 1.20 bits per heavy atom. The molecule has 1 N–H and O–H groups in total. The Hall–Kier alpha value is -2.88. The predicted molar refractivity (Wildman–Crippen MR) is 98.2 cm³/mol. The molecule has 1 atom stereocenters. The number of nitrogens with zero attached hydrogens (tertiary/aromatic N) is 2. The number of carbonyl (C=O) groups is 1. The van der Waals surface area contributed by atoms with Gasteiger partial charge in [0.25, 0.3) is 5.91 Å². The summed E-state index contributed by atoms with van der Waals surface area (Å²) >= 11 is 0. The van der Waals surface area contributed by atoms with Gasteiger partial charge in [0.2, 0.25) is 0 Å². The van der Waals surface area contributed by atoms with Crippen LogP contribution >= 0.6 is 0 Å². The van der Waals surface area contributed by atoms with Gasteiger partial charge in [-0.05, 0) is 43.0 Å². The third-order valence-electron chi connectivity index (χ3n) is 4.94. The van der Waals surface area contributed by atoms with Crippen LogP contribution in [0.3, 0.4) is 0 Å². The van der Waals surface area contributed by atoms with Gasteiger partial charge in [-0.25, -0.2) is 4.98 Å². The quantitative estimate of drug-likeness (QED) is 0.775. The minimum absolute atomic E-state index is 0.0964. The van der Waals surface area contributed by atoms with Crippen molar-refractivity contribution in [2.24, 2.45) is 0 Å². The third kappa shape index (κ3) is 2.95. The number of likely N-dealkylation sites (tertiary alicyclic amines) is 1. The van der Waals surface area contributed by atoms with Crippen molar-refractivity contribution in [3.8, 4) is 11.4 Å². The van der Waals surface area contributed by atoms with Crippen molar-refractivity contribution in [1.29, 1.82) is 0 Å². The second kappa shape index (κ2) is 6.55. The van der Waals surface area contributed by atoms with Crippen LogP contribution in [0.4, 0.5) is 0 Å². The highest BCUT2D eigenvalue weighted by atomic mass is 16.2. The molecule has 0 radical (unpaired) electrons. The molecule has 1 saturated heterocycles. The number of benzene rings is 2. The maximum atomic E-state index is 13.2. The zero-order valence-electron chi connectivity index (χ0n) is 14.3. The Morgan fingerprint density at radius 2 is 2.08 bits per heavy atom. The van der Waals surface area contributed by atoms with Crippen LogP contribution in [0.25, 0.3) is 11.4 Å². The Kier molecular flexibility index (Phi) is 4.10. The van der Waals surface area contributed by atoms with Crippen LogP contribution in [0.1, 0.15) is 40.4 Å². The molecule has 126 valence electrons. The van der Waals surface area contributed by atoms with Crippen molar-refractivity contribution >= 4 is 5.91 Å². The average molecular weight is 331 g/mol. The molecular formula is C21H21N3O. The van der Waals surface area contributed by atoms with Crippen LogP contribution in [0, 0.1) is 6.92 Å². The molecule has 0 bridgehead atoms. The van der Waals surface area contributed by atoms with Crippen LogP contribution in [0.15, 0.2) is 60.9 Å². The van der Waals surface area contributed by atoms with Crippen LogP contribution in [-0.4, -0.2) is 27.3 Å². The van der Waals surface area contributed by atoms with Crippen molar-refractivity contribution in [3.63, 3.8) is 0 Å². The molecule has 4 heteroatoms. The first-order valence-electron chi connectivity index (χ1n) is 8.70. The highest BCUT2D eigenvalue weighted by Gasteiger charge is 2.31. The molecule has 0 spiro atoms. The van der Waals surface area contributed by atoms with Gasteiger partial charge in [0.1, 0.15) is 5.82 Å². The molecule has 2 heterocycles. The molecule has 1 aliphatic heterocycles. The SMILES string of the molecule is Cc1ccccc1C1CCCN1C(=O)c1cccc(-c2ncc[nH]2)c1. The Morgan fingerprint density at radius 3 is 2.88 bits per heavy atom. The van der Waals surface area contributed by atoms with E-state index in [1.165, 1.54) is 11.1 Å². The van der Waals surface area contributed by atoms with Gasteiger partial charge >= 0.3 is 0 Å². The summed E-state index contributed by atoms with van der Waals surface area (Å²) in [5.41, 5.74) is 4.16. The lowest BCUT2D eigenvalue weighted by molar-refractivity contribution is 0.0735. The summed E-state index contributed by atoms with van der Waals surface area (Å²) < 4.78 is 0. The smallest absolute Gasteiger partial charge is 0.254 e. The number of H-pyrrole nitrogens is 1. The van der Waals surface area contributed by atoms with Gasteiger partial charge in [0, 0.05) is 30.1 Å². The van der Waals surface area contributed by atoms with E-state index in [0.29, 0.717) is 0 Å². The number of hydrogen-bond acceptors (Lipinski definition) is 2. The van der Waals surface area contributed by atoms with E-state index in [1.54, 1.807) is 12.4 Å². The molecule has 25 heavy (non-hydrogen) atoms. The van der Waals surface area contributed by atoms with Crippen molar-refractivity contribution in [2.45, 2.75) is 25.8 Å². The van der Waals surface area contributed by atoms with Crippen LogP contribution in [0.2, 0.25) is 0 Å². The molecule has 4 nitrogen and oxygen atoms in total. The van der Waals surface area contributed by atoms with Gasteiger partial charge in [0.15, 0.2) is 0 Å². The van der Waals surface area contributed by atoms with Crippen LogP contribution < -0.4 is 0 Å². The zero-order chi connectivity index (χ0) is 17.2. The van der Waals surface area contributed by atoms with Crippen molar-refractivity contribution < 1.29 is 4.79 Å². The van der Waals surface area contributed by atoms with E-state index in [0.717, 1.165) is 36.3 Å². The first-order chi connectivity index (χ1) is 12.2. The minimum Gasteiger partial charge on any atom is -0.345 e. The first kappa shape index (κ1) is 15.6. The lowest BCUT2D eigenvalue weighted by Gasteiger charge is -2.26. The predicted octanol–water partition coefficient (Wildman–Crippen LogP) is 4.36. The normalized spacial score (nSPS) is 17.0. The van der Waals surface area contributed by atoms with Gasteiger partial charge in [0.05, 0.1) is 6.04 Å². The van der Waals surface area contributed by atoms with E-state index >= 15 is 0 Å². The number of nitrogens with one attached hydrogen (secondary N) is 1. The van der Waals surface area contributed by atoms with E-state index < -0.39 is 0 Å². The van der Waals surface area contributed by atoms with Crippen LogP contribution in [0.5, 0.6) is 0 Å². The molecule has 1 fully saturated rings. The van der Waals surface area contributed by atoms with E-state index in [4.69, 9.17) is 0 Å². The number of rotatable bonds is 3. The molecule has 1 aliphatic rings. The average Bonchev–Trinajstić information content (AvgIpc) is 3.33. The Balaban J connectivity index is 1.64. The molecule has 3 aromatic rings. The summed E-state index contributed by atoms with van der Waals surface area (Å²) in [5.74, 6) is 0.880. The number of aryl methyl sites for hydroxylation is 1. The van der Waals surface area contributed by atoms with Crippen molar-refractivity contribution in [1.82, 2.24) is 14.9 Å². The fourth-order valence-electron chi connectivity index (χ4n) is 3.68. The lowest BCUT2D eigenvalue weighted by atomic mass is 9.99. The number of aromatic amines is 1. The van der Waals surface area contributed by atoms with Crippen LogP contribution in [-0.2, 0) is 0 Å². The van der Waals surface area contributed by atoms with Gasteiger partial charge in [-0.15, -0.1) is 0 Å². The fraction of sp³-hybridized carbons (Fsp3) is 0.238. The van der Waals surface area contributed by atoms with E-state index in [-0.39, 0.29) is 11.9 Å². The van der Waals surface area contributed by atoms with E-state index in [2.05, 4.69) is 35.1 Å². The van der Waals surface area contributed by atoms with Gasteiger partial charge < -0.3 is 9.88 Å². The second-order valence-corrected chi connectivity index (χ2v) is 6.53. The summed E-state index contributed by atoms with van der Waals surface area (Å²) in [5, 5.41) is 0. The number of hydrogen-bond donors (Lipinski definition) is 1. The molecule has 0 aliphatic carbocycles. The molecule has 1 amide bonds. The van der Waals surface area contributed by atoms with Crippen molar-refractivity contribution in [2.75, 3.05) is 6.54 Å². The summed E-state index contributed by atoms with van der Waals surface area (Å²) in [4.78, 5) is 22.5. The van der Waals surface area contributed by atoms with E-state index in [1.807, 2.05) is 35.2 Å². The topological polar surface area (TPSA) is 49.0 Å². The minimum atomic E-state index is 0.0964. The maximum absolute atomic E-state index is 13.2. The third-order valence-corrected chi connectivity index (χ3v) is 4.94. The second-order valence-electron chi connectivity index (χ2n) is 6.53. The highest BCUT2D eigenvalue weighted by molar-refractivity contribution is 5.95. The summed E-state index contributed by atoms with van der Waals surface area (Å²) in [6, 6.07) is 16.2. The van der Waals surface area contributed by atoms with Gasteiger partial charge in [-0.3, -0.25) is 4.79 Å². The molecule has 1 unspecified atom stereocenters. The summed E-state index contributed by atoms with van der Waals surface area (Å²) in [6.45, 7) is 2.93. The molecular weight excluding hydrogens is 310 g/mol. The highest BCUT2D eigenvalue weighted by Crippen LogP contribution is 2.35. The maximum Gasteiger partial charge on any atom is 0.254 e. The first-order valence-corrected chi connectivity index (χ1v) is 8.70. The number of aromatic nitrogens is 2.